The lowest BCUT2D eigenvalue weighted by Crippen LogP contribution is -2.43. The van der Waals surface area contributed by atoms with Crippen LogP contribution in [0.2, 0.25) is 0 Å². The van der Waals surface area contributed by atoms with Crippen molar-refractivity contribution in [2.24, 2.45) is 0 Å². The van der Waals surface area contributed by atoms with Gasteiger partial charge >= 0.3 is 0 Å². The molecular weight excluding hydrogens is 331 g/mol. The highest BCUT2D eigenvalue weighted by Gasteiger charge is 2.26. The Morgan fingerprint density at radius 1 is 1.12 bits per heavy atom. The molecule has 0 spiro atoms. The van der Waals surface area contributed by atoms with Crippen molar-refractivity contribution in [3.05, 3.63) is 65.5 Å². The molecule has 1 N–H and O–H groups in total. The van der Waals surface area contributed by atoms with Gasteiger partial charge in [0.05, 0.1) is 5.69 Å². The minimum Gasteiger partial charge on any atom is -0.336 e. The minimum absolute atomic E-state index is 0.0444. The largest absolute Gasteiger partial charge is 0.336 e. The summed E-state index contributed by atoms with van der Waals surface area (Å²) >= 11 is 0. The average Bonchev–Trinajstić information content (AvgIpc) is 2.69. The summed E-state index contributed by atoms with van der Waals surface area (Å²) < 4.78 is 13.7. The van der Waals surface area contributed by atoms with Gasteiger partial charge in [-0.05, 0) is 56.0 Å². The zero-order valence-electron chi connectivity index (χ0n) is 14.9. The first-order valence-corrected chi connectivity index (χ1v) is 9.07. The topological polar surface area (TPSA) is 49.4 Å². The Kier molecular flexibility index (Phi) is 5.66. The second-order valence-corrected chi connectivity index (χ2v) is 6.57. The van der Waals surface area contributed by atoms with Gasteiger partial charge in [0.15, 0.2) is 0 Å². The molecule has 4 nitrogen and oxygen atoms in total. The van der Waals surface area contributed by atoms with E-state index in [0.29, 0.717) is 11.1 Å². The normalized spacial score (nSPS) is 17.0. The Labute approximate surface area is 153 Å². The van der Waals surface area contributed by atoms with Gasteiger partial charge in [0, 0.05) is 23.7 Å². The van der Waals surface area contributed by atoms with E-state index in [9.17, 15) is 14.0 Å². The van der Waals surface area contributed by atoms with Crippen LogP contribution >= 0.6 is 0 Å². The first-order valence-electron chi connectivity index (χ1n) is 9.07. The lowest BCUT2D eigenvalue weighted by molar-refractivity contribution is 0.0608. The Bertz CT molecular complexity index is 806. The second-order valence-electron chi connectivity index (χ2n) is 6.57. The molecule has 1 atom stereocenters. The van der Waals surface area contributed by atoms with Crippen molar-refractivity contribution in [3.63, 3.8) is 0 Å². The molecule has 26 heavy (non-hydrogen) atoms. The SMILES string of the molecule is CCC1CCCCN1C(=O)c1cccc(C(=O)Nc2ccccc2F)c1. The molecule has 5 heteroatoms. The van der Waals surface area contributed by atoms with Crippen LogP contribution in [-0.2, 0) is 0 Å². The van der Waals surface area contributed by atoms with E-state index in [1.165, 1.54) is 12.1 Å². The molecule has 0 bridgehead atoms. The first kappa shape index (κ1) is 18.1. The Morgan fingerprint density at radius 3 is 2.65 bits per heavy atom. The number of anilines is 1. The van der Waals surface area contributed by atoms with Gasteiger partial charge in [-0.2, -0.15) is 0 Å². The molecule has 1 unspecified atom stereocenters. The predicted molar refractivity (Wildman–Crippen MR) is 99.8 cm³/mol. The summed E-state index contributed by atoms with van der Waals surface area (Å²) in [6.45, 7) is 2.84. The molecule has 1 heterocycles. The molecule has 0 aliphatic carbocycles. The van der Waals surface area contributed by atoms with Gasteiger partial charge < -0.3 is 10.2 Å². The van der Waals surface area contributed by atoms with Crippen LogP contribution in [0, 0.1) is 5.82 Å². The molecule has 0 radical (unpaired) electrons. The summed E-state index contributed by atoms with van der Waals surface area (Å²) in [6.07, 6.45) is 4.11. The summed E-state index contributed by atoms with van der Waals surface area (Å²) in [4.78, 5) is 27.2. The van der Waals surface area contributed by atoms with Crippen LogP contribution in [0.25, 0.3) is 0 Å². The molecule has 136 valence electrons. The number of nitrogens with zero attached hydrogens (tertiary/aromatic N) is 1. The van der Waals surface area contributed by atoms with Crippen molar-refractivity contribution in [2.75, 3.05) is 11.9 Å². The zero-order chi connectivity index (χ0) is 18.5. The predicted octanol–water partition coefficient (Wildman–Crippen LogP) is 4.48. The van der Waals surface area contributed by atoms with Gasteiger partial charge in [0.2, 0.25) is 0 Å². The van der Waals surface area contributed by atoms with Crippen molar-refractivity contribution in [1.29, 1.82) is 0 Å². The number of hydrogen-bond acceptors (Lipinski definition) is 2. The maximum Gasteiger partial charge on any atom is 0.255 e. The molecule has 1 aliphatic heterocycles. The summed E-state index contributed by atoms with van der Waals surface area (Å²) in [7, 11) is 0. The summed E-state index contributed by atoms with van der Waals surface area (Å²) in [5.74, 6) is -0.972. The summed E-state index contributed by atoms with van der Waals surface area (Å²) in [6, 6.07) is 12.9. The zero-order valence-corrected chi connectivity index (χ0v) is 14.9. The fourth-order valence-electron chi connectivity index (χ4n) is 3.41. The lowest BCUT2D eigenvalue weighted by atomic mass is 9.98. The molecule has 1 aliphatic rings. The number of hydrogen-bond donors (Lipinski definition) is 1. The summed E-state index contributed by atoms with van der Waals surface area (Å²) in [5, 5.41) is 2.55. The molecular formula is C21H23FN2O2. The van der Waals surface area contributed by atoms with E-state index in [4.69, 9.17) is 0 Å². The number of halogens is 1. The molecule has 2 aromatic rings. The van der Waals surface area contributed by atoms with E-state index < -0.39 is 11.7 Å². The van der Waals surface area contributed by atoms with Crippen LogP contribution in [-0.4, -0.2) is 29.3 Å². The third-order valence-corrected chi connectivity index (χ3v) is 4.85. The highest BCUT2D eigenvalue weighted by Crippen LogP contribution is 2.22. The van der Waals surface area contributed by atoms with E-state index in [2.05, 4.69) is 12.2 Å². The highest BCUT2D eigenvalue weighted by molar-refractivity contribution is 6.06. The number of likely N-dealkylation sites (tertiary alicyclic amines) is 1. The van der Waals surface area contributed by atoms with Crippen molar-refractivity contribution in [1.82, 2.24) is 4.90 Å². The maximum absolute atomic E-state index is 13.7. The van der Waals surface area contributed by atoms with Gasteiger partial charge in [-0.25, -0.2) is 4.39 Å². The fourth-order valence-corrected chi connectivity index (χ4v) is 3.41. The fraction of sp³-hybridized carbons (Fsp3) is 0.333. The molecule has 2 aromatic carbocycles. The second kappa shape index (κ2) is 8.13. The highest BCUT2D eigenvalue weighted by atomic mass is 19.1. The number of rotatable bonds is 4. The number of nitrogens with one attached hydrogen (secondary N) is 1. The molecule has 0 saturated carbocycles. The monoisotopic (exact) mass is 354 g/mol. The van der Waals surface area contributed by atoms with Crippen molar-refractivity contribution in [2.45, 2.75) is 38.6 Å². The first-order chi connectivity index (χ1) is 12.6. The van der Waals surface area contributed by atoms with Gasteiger partial charge in [-0.1, -0.05) is 25.1 Å². The molecule has 3 rings (SSSR count). The van der Waals surface area contributed by atoms with Gasteiger partial charge in [0.25, 0.3) is 11.8 Å². The van der Waals surface area contributed by atoms with Crippen LogP contribution in [0.5, 0.6) is 0 Å². The van der Waals surface area contributed by atoms with Gasteiger partial charge in [-0.15, -0.1) is 0 Å². The lowest BCUT2D eigenvalue weighted by Gasteiger charge is -2.35. The van der Waals surface area contributed by atoms with Crippen molar-refractivity contribution < 1.29 is 14.0 Å². The minimum atomic E-state index is -0.493. The molecule has 2 amide bonds. The van der Waals surface area contributed by atoms with Crippen LogP contribution in [0.3, 0.4) is 0 Å². The Hall–Kier alpha value is -2.69. The molecule has 0 aromatic heterocycles. The van der Waals surface area contributed by atoms with Gasteiger partial charge in [0.1, 0.15) is 5.82 Å². The number of benzene rings is 2. The van der Waals surface area contributed by atoms with Crippen molar-refractivity contribution in [3.8, 4) is 0 Å². The van der Waals surface area contributed by atoms with E-state index in [1.54, 1.807) is 36.4 Å². The Morgan fingerprint density at radius 2 is 1.88 bits per heavy atom. The average molecular weight is 354 g/mol. The van der Waals surface area contributed by atoms with Crippen LogP contribution < -0.4 is 5.32 Å². The number of piperidine rings is 1. The number of carbonyl (C=O) groups is 2. The number of para-hydroxylation sites is 1. The van der Waals surface area contributed by atoms with E-state index in [-0.39, 0.29) is 17.6 Å². The summed E-state index contributed by atoms with van der Waals surface area (Å²) in [5.41, 5.74) is 0.951. The van der Waals surface area contributed by atoms with E-state index in [0.717, 1.165) is 32.2 Å². The maximum atomic E-state index is 13.7. The van der Waals surface area contributed by atoms with E-state index >= 15 is 0 Å². The Balaban J connectivity index is 1.78. The van der Waals surface area contributed by atoms with Crippen LogP contribution in [0.1, 0.15) is 53.3 Å². The third kappa shape index (κ3) is 3.93. The van der Waals surface area contributed by atoms with Crippen molar-refractivity contribution >= 4 is 17.5 Å². The van der Waals surface area contributed by atoms with Crippen LogP contribution in [0.15, 0.2) is 48.5 Å². The van der Waals surface area contributed by atoms with E-state index in [1.807, 2.05) is 4.90 Å². The standard InChI is InChI=1S/C21H23FN2O2/c1-2-17-10-5-6-13-24(17)21(26)16-9-7-8-15(14-16)20(25)23-19-12-4-3-11-18(19)22/h3-4,7-9,11-12,14,17H,2,5-6,10,13H2,1H3,(H,23,25). The third-order valence-electron chi connectivity index (χ3n) is 4.85. The van der Waals surface area contributed by atoms with Gasteiger partial charge in [-0.3, -0.25) is 9.59 Å². The van der Waals surface area contributed by atoms with Crippen LogP contribution in [0.4, 0.5) is 10.1 Å². The molecule has 1 fully saturated rings. The number of amides is 2. The molecule has 1 saturated heterocycles. The number of carbonyl (C=O) groups excluding carboxylic acids is 2. The smallest absolute Gasteiger partial charge is 0.255 e. The quantitative estimate of drug-likeness (QED) is 0.880.